The Morgan fingerprint density at radius 3 is 2.48 bits per heavy atom. The summed E-state index contributed by atoms with van der Waals surface area (Å²) in [5.41, 5.74) is 0. The third-order valence-electron chi connectivity index (χ3n) is 5.68. The van der Waals surface area contributed by atoms with Crippen molar-refractivity contribution in [1.29, 1.82) is 0 Å². The molecule has 1 saturated carbocycles. The van der Waals surface area contributed by atoms with E-state index in [0.29, 0.717) is 17.1 Å². The molecule has 27 heavy (non-hydrogen) atoms. The molecule has 3 aliphatic rings. The molecule has 1 amide bonds. The standard InChI is InChI=1S/C19H35N5OS.HI/c1-2-20-19(22-15-17-7-4-14-26-17)21-8-9-23-10-12-24(13-11-23)18(25)16-5-3-6-16;/h16-17H,2-15H2,1H3,(H2,20,21,22);1H. The molecule has 8 heteroatoms. The summed E-state index contributed by atoms with van der Waals surface area (Å²) in [6.07, 6.45) is 6.09. The highest BCUT2D eigenvalue weighted by Gasteiger charge is 2.31. The van der Waals surface area contributed by atoms with Crippen molar-refractivity contribution < 1.29 is 4.79 Å². The molecular formula is C19H36IN5OS. The second-order valence-electron chi connectivity index (χ2n) is 7.58. The lowest BCUT2D eigenvalue weighted by Crippen LogP contribution is -2.52. The van der Waals surface area contributed by atoms with Gasteiger partial charge in [-0.05, 0) is 38.4 Å². The van der Waals surface area contributed by atoms with Gasteiger partial charge in [-0.1, -0.05) is 6.42 Å². The molecule has 1 atom stereocenters. The molecule has 2 heterocycles. The number of thioether (sulfide) groups is 1. The van der Waals surface area contributed by atoms with Crippen LogP contribution >= 0.6 is 35.7 Å². The number of hydrogen-bond acceptors (Lipinski definition) is 4. The van der Waals surface area contributed by atoms with Crippen LogP contribution in [0.25, 0.3) is 0 Å². The minimum absolute atomic E-state index is 0. The van der Waals surface area contributed by atoms with Crippen LogP contribution in [0.4, 0.5) is 0 Å². The van der Waals surface area contributed by atoms with Crippen LogP contribution in [0.1, 0.15) is 39.0 Å². The summed E-state index contributed by atoms with van der Waals surface area (Å²) in [7, 11) is 0. The Labute approximate surface area is 185 Å². The lowest BCUT2D eigenvalue weighted by molar-refractivity contribution is -0.139. The fraction of sp³-hybridized carbons (Fsp3) is 0.895. The molecule has 0 aromatic carbocycles. The maximum Gasteiger partial charge on any atom is 0.225 e. The highest BCUT2D eigenvalue weighted by molar-refractivity contribution is 14.0. The molecule has 156 valence electrons. The second kappa shape index (κ2) is 12.4. The zero-order chi connectivity index (χ0) is 18.2. The Hall–Kier alpha value is -0.220. The van der Waals surface area contributed by atoms with Gasteiger partial charge in [-0.3, -0.25) is 14.7 Å². The number of carbonyl (C=O) groups excluding carboxylic acids is 1. The summed E-state index contributed by atoms with van der Waals surface area (Å²) < 4.78 is 0. The monoisotopic (exact) mass is 509 g/mol. The predicted octanol–water partition coefficient (Wildman–Crippen LogP) is 2.00. The molecule has 1 aliphatic carbocycles. The molecule has 2 saturated heterocycles. The molecule has 0 aromatic rings. The molecule has 2 N–H and O–H groups in total. The van der Waals surface area contributed by atoms with Gasteiger partial charge in [0.25, 0.3) is 0 Å². The first-order valence-electron chi connectivity index (χ1n) is 10.4. The first-order chi connectivity index (χ1) is 12.8. The van der Waals surface area contributed by atoms with Crippen molar-refractivity contribution in [2.45, 2.75) is 44.3 Å². The predicted molar refractivity (Wildman–Crippen MR) is 125 cm³/mol. The zero-order valence-corrected chi connectivity index (χ0v) is 19.8. The molecule has 1 unspecified atom stereocenters. The molecule has 0 bridgehead atoms. The molecule has 3 fully saturated rings. The van der Waals surface area contributed by atoms with Gasteiger partial charge in [-0.25, -0.2) is 0 Å². The van der Waals surface area contributed by atoms with Crippen molar-refractivity contribution in [2.24, 2.45) is 10.9 Å². The van der Waals surface area contributed by atoms with Gasteiger partial charge in [0.2, 0.25) is 5.91 Å². The molecule has 0 spiro atoms. The highest BCUT2D eigenvalue weighted by Crippen LogP contribution is 2.28. The summed E-state index contributed by atoms with van der Waals surface area (Å²) in [6.45, 7) is 9.60. The van der Waals surface area contributed by atoms with Crippen LogP contribution in [-0.4, -0.2) is 85.0 Å². The molecular weight excluding hydrogens is 473 g/mol. The average molecular weight is 510 g/mol. The van der Waals surface area contributed by atoms with Gasteiger partial charge in [0.15, 0.2) is 5.96 Å². The van der Waals surface area contributed by atoms with E-state index < -0.39 is 0 Å². The van der Waals surface area contributed by atoms with Gasteiger partial charge in [0, 0.05) is 57.0 Å². The van der Waals surface area contributed by atoms with E-state index in [4.69, 9.17) is 4.99 Å². The number of guanidine groups is 1. The molecule has 6 nitrogen and oxygen atoms in total. The van der Waals surface area contributed by atoms with E-state index in [2.05, 4.69) is 39.1 Å². The minimum Gasteiger partial charge on any atom is -0.357 e. The van der Waals surface area contributed by atoms with E-state index in [-0.39, 0.29) is 24.0 Å². The van der Waals surface area contributed by atoms with E-state index in [9.17, 15) is 4.79 Å². The van der Waals surface area contributed by atoms with Crippen molar-refractivity contribution in [2.75, 3.05) is 58.1 Å². The molecule has 0 radical (unpaired) electrons. The third kappa shape index (κ3) is 7.27. The topological polar surface area (TPSA) is 60.0 Å². The first kappa shape index (κ1) is 23.1. The van der Waals surface area contributed by atoms with Crippen molar-refractivity contribution in [1.82, 2.24) is 20.4 Å². The average Bonchev–Trinajstić information content (AvgIpc) is 3.12. The Bertz CT molecular complexity index is 475. The first-order valence-corrected chi connectivity index (χ1v) is 11.5. The van der Waals surface area contributed by atoms with Crippen molar-refractivity contribution in [3.8, 4) is 0 Å². The zero-order valence-electron chi connectivity index (χ0n) is 16.6. The Kier molecular flexibility index (Phi) is 10.6. The van der Waals surface area contributed by atoms with Gasteiger partial charge >= 0.3 is 0 Å². The highest BCUT2D eigenvalue weighted by atomic mass is 127. The number of aliphatic imine (C=N–C) groups is 1. The summed E-state index contributed by atoms with van der Waals surface area (Å²) in [5.74, 6) is 2.97. The summed E-state index contributed by atoms with van der Waals surface area (Å²) in [4.78, 5) is 21.6. The van der Waals surface area contributed by atoms with E-state index in [1.807, 2.05) is 0 Å². The fourth-order valence-corrected chi connectivity index (χ4v) is 4.94. The number of amides is 1. The van der Waals surface area contributed by atoms with Crippen LogP contribution in [-0.2, 0) is 4.79 Å². The lowest BCUT2D eigenvalue weighted by atomic mass is 9.84. The number of rotatable bonds is 7. The number of nitrogens with one attached hydrogen (secondary N) is 2. The van der Waals surface area contributed by atoms with Gasteiger partial charge in [0.05, 0.1) is 6.54 Å². The van der Waals surface area contributed by atoms with Gasteiger partial charge < -0.3 is 15.5 Å². The molecule has 0 aromatic heterocycles. The maximum absolute atomic E-state index is 12.3. The number of nitrogens with zero attached hydrogens (tertiary/aromatic N) is 3. The normalized spacial score (nSPS) is 24.3. The van der Waals surface area contributed by atoms with Crippen LogP contribution < -0.4 is 10.6 Å². The van der Waals surface area contributed by atoms with Crippen LogP contribution in [0.2, 0.25) is 0 Å². The SMILES string of the molecule is CCNC(=NCC1CCCS1)NCCN1CCN(C(=O)C2CCC2)CC1.I. The fourth-order valence-electron chi connectivity index (χ4n) is 3.76. The number of carbonyl (C=O) groups is 1. The largest absolute Gasteiger partial charge is 0.357 e. The van der Waals surface area contributed by atoms with Crippen molar-refractivity contribution in [3.05, 3.63) is 0 Å². The van der Waals surface area contributed by atoms with Crippen LogP contribution in [0.5, 0.6) is 0 Å². The third-order valence-corrected chi connectivity index (χ3v) is 7.06. The van der Waals surface area contributed by atoms with E-state index >= 15 is 0 Å². The Morgan fingerprint density at radius 2 is 1.89 bits per heavy atom. The smallest absolute Gasteiger partial charge is 0.225 e. The van der Waals surface area contributed by atoms with E-state index in [1.165, 1.54) is 25.0 Å². The second-order valence-corrected chi connectivity index (χ2v) is 8.98. The van der Waals surface area contributed by atoms with Gasteiger partial charge in [0.1, 0.15) is 0 Å². The molecule has 3 rings (SSSR count). The Morgan fingerprint density at radius 1 is 1.11 bits per heavy atom. The van der Waals surface area contributed by atoms with Crippen molar-refractivity contribution in [3.63, 3.8) is 0 Å². The number of halogens is 1. The van der Waals surface area contributed by atoms with Crippen LogP contribution in [0.15, 0.2) is 4.99 Å². The van der Waals surface area contributed by atoms with Crippen LogP contribution in [0.3, 0.4) is 0 Å². The van der Waals surface area contributed by atoms with E-state index in [0.717, 1.165) is 71.2 Å². The number of hydrogen-bond donors (Lipinski definition) is 2. The quantitative estimate of drug-likeness (QED) is 0.313. The maximum atomic E-state index is 12.3. The van der Waals surface area contributed by atoms with Gasteiger partial charge in [-0.2, -0.15) is 11.8 Å². The van der Waals surface area contributed by atoms with Gasteiger partial charge in [-0.15, -0.1) is 24.0 Å². The summed E-state index contributed by atoms with van der Waals surface area (Å²) in [6, 6.07) is 0. The molecule has 2 aliphatic heterocycles. The summed E-state index contributed by atoms with van der Waals surface area (Å²) >= 11 is 2.06. The van der Waals surface area contributed by atoms with Crippen LogP contribution in [0, 0.1) is 5.92 Å². The van der Waals surface area contributed by atoms with E-state index in [1.54, 1.807) is 0 Å². The summed E-state index contributed by atoms with van der Waals surface area (Å²) in [5, 5.41) is 7.52. The minimum atomic E-state index is 0. The van der Waals surface area contributed by atoms with Crippen molar-refractivity contribution >= 4 is 47.6 Å². The Balaban J connectivity index is 0.00000261. The number of piperazine rings is 1. The lowest BCUT2D eigenvalue weighted by Gasteiger charge is -2.38.